The molecule has 0 bridgehead atoms. The summed E-state index contributed by atoms with van der Waals surface area (Å²) in [6.45, 7) is 0. The topological polar surface area (TPSA) is 12.0 Å². The summed E-state index contributed by atoms with van der Waals surface area (Å²) in [5.74, 6) is -0.354. The fraction of sp³-hybridized carbons (Fsp3) is 0.412. The number of thiophene rings is 1. The molecule has 0 spiro atoms. The van der Waals surface area contributed by atoms with Crippen LogP contribution in [0.4, 0.5) is 4.39 Å². The van der Waals surface area contributed by atoms with Gasteiger partial charge in [-0.3, -0.25) is 0 Å². The van der Waals surface area contributed by atoms with E-state index in [0.717, 1.165) is 12.0 Å². The van der Waals surface area contributed by atoms with Crippen LogP contribution in [0.1, 0.15) is 39.8 Å². The van der Waals surface area contributed by atoms with Crippen LogP contribution in [0.2, 0.25) is 5.02 Å². The lowest BCUT2D eigenvalue weighted by molar-refractivity contribution is 0.597. The number of benzene rings is 1. The van der Waals surface area contributed by atoms with Crippen molar-refractivity contribution in [3.63, 3.8) is 0 Å². The highest BCUT2D eigenvalue weighted by atomic mass is 35.5. The van der Waals surface area contributed by atoms with E-state index in [1.807, 2.05) is 24.5 Å². The molecule has 1 N–H and O–H groups in total. The van der Waals surface area contributed by atoms with E-state index in [-0.39, 0.29) is 16.9 Å². The summed E-state index contributed by atoms with van der Waals surface area (Å²) in [4.78, 5) is 2.93. The van der Waals surface area contributed by atoms with Gasteiger partial charge in [0.2, 0.25) is 0 Å². The van der Waals surface area contributed by atoms with Crippen LogP contribution in [0.15, 0.2) is 24.3 Å². The molecule has 21 heavy (non-hydrogen) atoms. The van der Waals surface area contributed by atoms with E-state index in [0.29, 0.717) is 0 Å². The molecule has 1 aliphatic carbocycles. The first-order valence-corrected chi connectivity index (χ1v) is 8.59. The zero-order chi connectivity index (χ0) is 14.8. The summed E-state index contributed by atoms with van der Waals surface area (Å²) < 4.78 is 13.3. The van der Waals surface area contributed by atoms with Gasteiger partial charge in [-0.05, 0) is 68.5 Å². The summed E-state index contributed by atoms with van der Waals surface area (Å²) >= 11 is 7.80. The van der Waals surface area contributed by atoms with Gasteiger partial charge in [0, 0.05) is 15.8 Å². The van der Waals surface area contributed by atoms with Gasteiger partial charge in [0.15, 0.2) is 0 Å². The van der Waals surface area contributed by atoms with Crippen LogP contribution in [-0.4, -0.2) is 7.05 Å². The van der Waals surface area contributed by atoms with Crippen molar-refractivity contribution in [3.05, 3.63) is 56.0 Å². The molecular weight excluding hydrogens is 305 g/mol. The molecule has 4 heteroatoms. The predicted octanol–water partition coefficient (Wildman–Crippen LogP) is 4.92. The maximum absolute atomic E-state index is 13.3. The molecule has 0 fully saturated rings. The second-order valence-corrected chi connectivity index (χ2v) is 7.17. The molecule has 2 aromatic rings. The number of likely N-dealkylation sites (N-methyl/N-ethyl adjacent to an activating group) is 1. The van der Waals surface area contributed by atoms with Crippen molar-refractivity contribution in [2.45, 2.75) is 38.1 Å². The SMILES string of the molecule is CNC(Cc1ccc(F)c(Cl)c1)c1cc2c(s1)CCCC2. The summed E-state index contributed by atoms with van der Waals surface area (Å²) in [5.41, 5.74) is 2.59. The van der Waals surface area contributed by atoms with Crippen molar-refractivity contribution in [3.8, 4) is 0 Å². The maximum atomic E-state index is 13.3. The highest BCUT2D eigenvalue weighted by Crippen LogP contribution is 2.34. The fourth-order valence-electron chi connectivity index (χ4n) is 2.93. The van der Waals surface area contributed by atoms with Gasteiger partial charge >= 0.3 is 0 Å². The smallest absolute Gasteiger partial charge is 0.141 e. The number of aryl methyl sites for hydroxylation is 2. The Kier molecular flexibility index (Phi) is 4.63. The van der Waals surface area contributed by atoms with Crippen molar-refractivity contribution < 1.29 is 4.39 Å². The molecule has 1 atom stereocenters. The van der Waals surface area contributed by atoms with Crippen molar-refractivity contribution in [1.82, 2.24) is 5.32 Å². The van der Waals surface area contributed by atoms with E-state index >= 15 is 0 Å². The van der Waals surface area contributed by atoms with Crippen LogP contribution in [0, 0.1) is 5.82 Å². The van der Waals surface area contributed by atoms with Gasteiger partial charge in [-0.2, -0.15) is 0 Å². The Bertz CT molecular complexity index is 614. The van der Waals surface area contributed by atoms with E-state index in [1.165, 1.54) is 42.2 Å². The maximum Gasteiger partial charge on any atom is 0.141 e. The van der Waals surface area contributed by atoms with Crippen LogP contribution >= 0.6 is 22.9 Å². The Labute approximate surface area is 134 Å². The Morgan fingerprint density at radius 2 is 2.10 bits per heavy atom. The second kappa shape index (κ2) is 6.47. The quantitative estimate of drug-likeness (QED) is 0.842. The van der Waals surface area contributed by atoms with Gasteiger partial charge in [-0.15, -0.1) is 11.3 Å². The number of rotatable bonds is 4. The van der Waals surface area contributed by atoms with Gasteiger partial charge in [-0.1, -0.05) is 17.7 Å². The highest BCUT2D eigenvalue weighted by molar-refractivity contribution is 7.12. The fourth-order valence-corrected chi connectivity index (χ4v) is 4.50. The Morgan fingerprint density at radius 1 is 1.29 bits per heavy atom. The van der Waals surface area contributed by atoms with Gasteiger partial charge in [-0.25, -0.2) is 4.39 Å². The van der Waals surface area contributed by atoms with Gasteiger partial charge in [0.1, 0.15) is 5.82 Å². The first-order valence-electron chi connectivity index (χ1n) is 7.40. The molecule has 0 radical (unpaired) electrons. The molecule has 0 saturated carbocycles. The van der Waals surface area contributed by atoms with Crippen LogP contribution in [0.5, 0.6) is 0 Å². The first kappa shape index (κ1) is 15.0. The Balaban J connectivity index is 1.81. The molecule has 112 valence electrons. The Morgan fingerprint density at radius 3 is 2.81 bits per heavy atom. The highest BCUT2D eigenvalue weighted by Gasteiger charge is 2.18. The van der Waals surface area contributed by atoms with E-state index in [9.17, 15) is 4.39 Å². The zero-order valence-electron chi connectivity index (χ0n) is 12.1. The predicted molar refractivity (Wildman–Crippen MR) is 87.9 cm³/mol. The lowest BCUT2D eigenvalue weighted by atomic mass is 9.98. The van der Waals surface area contributed by atoms with Gasteiger partial charge < -0.3 is 5.32 Å². The lowest BCUT2D eigenvalue weighted by Crippen LogP contribution is -2.17. The van der Waals surface area contributed by atoms with Crippen LogP contribution in [0.25, 0.3) is 0 Å². The average Bonchev–Trinajstić information content (AvgIpc) is 2.92. The lowest BCUT2D eigenvalue weighted by Gasteiger charge is -2.15. The van der Waals surface area contributed by atoms with Gasteiger partial charge in [0.25, 0.3) is 0 Å². The second-order valence-electron chi connectivity index (χ2n) is 5.60. The van der Waals surface area contributed by atoms with Crippen molar-refractivity contribution in [2.24, 2.45) is 0 Å². The molecule has 1 heterocycles. The molecule has 1 aromatic heterocycles. The molecule has 1 aliphatic rings. The number of halogens is 2. The molecule has 0 amide bonds. The third-order valence-electron chi connectivity index (χ3n) is 4.13. The van der Waals surface area contributed by atoms with Crippen molar-refractivity contribution >= 4 is 22.9 Å². The standard InChI is InChI=1S/C17H19ClFNS/c1-20-15(9-11-6-7-14(19)13(18)8-11)17-10-12-4-2-3-5-16(12)21-17/h6-8,10,15,20H,2-5,9H2,1H3. The number of nitrogens with one attached hydrogen (secondary N) is 1. The summed E-state index contributed by atoms with van der Waals surface area (Å²) in [7, 11) is 1.98. The first-order chi connectivity index (χ1) is 10.2. The van der Waals surface area contributed by atoms with Crippen LogP contribution in [-0.2, 0) is 19.3 Å². The van der Waals surface area contributed by atoms with E-state index in [1.54, 1.807) is 10.9 Å². The minimum Gasteiger partial charge on any atom is -0.312 e. The summed E-state index contributed by atoms with van der Waals surface area (Å²) in [6.07, 6.45) is 5.88. The monoisotopic (exact) mass is 323 g/mol. The van der Waals surface area contributed by atoms with Crippen molar-refractivity contribution in [2.75, 3.05) is 7.05 Å². The number of hydrogen-bond acceptors (Lipinski definition) is 2. The molecule has 1 aromatic carbocycles. The largest absolute Gasteiger partial charge is 0.312 e. The molecule has 3 rings (SSSR count). The van der Waals surface area contributed by atoms with Crippen LogP contribution < -0.4 is 5.32 Å². The van der Waals surface area contributed by atoms with E-state index in [4.69, 9.17) is 11.6 Å². The third kappa shape index (κ3) is 3.31. The van der Waals surface area contributed by atoms with Gasteiger partial charge in [0.05, 0.1) is 5.02 Å². The molecule has 1 nitrogen and oxygen atoms in total. The summed E-state index contributed by atoms with van der Waals surface area (Å²) in [6, 6.07) is 7.62. The molecule has 0 saturated heterocycles. The average molecular weight is 324 g/mol. The van der Waals surface area contributed by atoms with E-state index in [2.05, 4.69) is 11.4 Å². The Hall–Kier alpha value is -0.900. The zero-order valence-corrected chi connectivity index (χ0v) is 13.7. The van der Waals surface area contributed by atoms with E-state index < -0.39 is 0 Å². The number of hydrogen-bond donors (Lipinski definition) is 1. The minimum absolute atomic E-state index is 0.202. The molecule has 0 aliphatic heterocycles. The third-order valence-corrected chi connectivity index (χ3v) is 5.77. The normalized spacial score (nSPS) is 15.8. The molecular formula is C17H19ClFNS. The van der Waals surface area contributed by atoms with Crippen molar-refractivity contribution in [1.29, 1.82) is 0 Å². The number of fused-ring (bicyclic) bond motifs is 1. The minimum atomic E-state index is -0.354. The van der Waals surface area contributed by atoms with Crippen LogP contribution in [0.3, 0.4) is 0 Å². The summed E-state index contributed by atoms with van der Waals surface area (Å²) in [5, 5.41) is 3.59. The molecule has 1 unspecified atom stereocenters.